The number of guanidine groups is 1. The zero-order valence-corrected chi connectivity index (χ0v) is 17.8. The predicted octanol–water partition coefficient (Wildman–Crippen LogP) is 4.09. The molecule has 2 N–H and O–H groups in total. The van der Waals surface area contributed by atoms with Crippen LogP contribution in [0.4, 0.5) is 8.78 Å². The number of nitrogens with zero attached hydrogens (tertiary/aromatic N) is 1. The van der Waals surface area contributed by atoms with Crippen LogP contribution in [0.15, 0.2) is 47.5 Å². The molecule has 0 aromatic heterocycles. The molecule has 148 valence electrons. The maximum absolute atomic E-state index is 12.6. The standard InChI is InChI=1S/C19H23F2N3O2.HI/c1-13-6-4-5-7-14(13)11-23-19(22-2)24-12-15-10-16(25-3)8-9-17(15)26-18(20)21;/h4-10,18H,11-12H2,1-3H3,(H2,22,23,24);1H. The van der Waals surface area contributed by atoms with Crippen LogP contribution in [-0.2, 0) is 13.1 Å². The van der Waals surface area contributed by atoms with Crippen molar-refractivity contribution in [2.75, 3.05) is 14.2 Å². The first kappa shape index (κ1) is 22.9. The molecule has 0 saturated heterocycles. The van der Waals surface area contributed by atoms with Gasteiger partial charge in [-0.2, -0.15) is 8.78 Å². The Morgan fingerprint density at radius 2 is 1.74 bits per heavy atom. The molecule has 8 heteroatoms. The Balaban J connectivity index is 0.00000364. The van der Waals surface area contributed by atoms with Gasteiger partial charge >= 0.3 is 6.61 Å². The molecule has 0 amide bonds. The van der Waals surface area contributed by atoms with E-state index in [0.717, 1.165) is 5.56 Å². The van der Waals surface area contributed by atoms with Crippen molar-refractivity contribution >= 4 is 29.9 Å². The van der Waals surface area contributed by atoms with Crippen LogP contribution in [0.25, 0.3) is 0 Å². The van der Waals surface area contributed by atoms with Crippen molar-refractivity contribution in [1.82, 2.24) is 10.6 Å². The highest BCUT2D eigenvalue weighted by molar-refractivity contribution is 14.0. The molecular formula is C19H24F2IN3O2. The van der Waals surface area contributed by atoms with Crippen molar-refractivity contribution < 1.29 is 18.3 Å². The lowest BCUT2D eigenvalue weighted by molar-refractivity contribution is -0.0504. The molecule has 0 heterocycles. The zero-order valence-electron chi connectivity index (χ0n) is 15.5. The first-order valence-electron chi connectivity index (χ1n) is 8.14. The molecule has 2 aromatic carbocycles. The number of alkyl halides is 2. The minimum atomic E-state index is -2.89. The summed E-state index contributed by atoms with van der Waals surface area (Å²) in [5.41, 5.74) is 2.87. The molecule has 5 nitrogen and oxygen atoms in total. The van der Waals surface area contributed by atoms with E-state index in [1.165, 1.54) is 18.7 Å². The van der Waals surface area contributed by atoms with Gasteiger partial charge in [0.15, 0.2) is 5.96 Å². The summed E-state index contributed by atoms with van der Waals surface area (Å²) in [4.78, 5) is 4.16. The van der Waals surface area contributed by atoms with Gasteiger partial charge in [0.2, 0.25) is 0 Å². The monoisotopic (exact) mass is 491 g/mol. The fourth-order valence-electron chi connectivity index (χ4n) is 2.42. The van der Waals surface area contributed by atoms with Crippen molar-refractivity contribution in [3.8, 4) is 11.5 Å². The van der Waals surface area contributed by atoms with E-state index in [0.29, 0.717) is 23.8 Å². The van der Waals surface area contributed by atoms with E-state index in [2.05, 4.69) is 20.4 Å². The summed E-state index contributed by atoms with van der Waals surface area (Å²) >= 11 is 0. The van der Waals surface area contributed by atoms with Crippen molar-refractivity contribution in [2.45, 2.75) is 26.6 Å². The number of ether oxygens (including phenoxy) is 2. The molecule has 2 aromatic rings. The summed E-state index contributed by atoms with van der Waals surface area (Å²) in [6.45, 7) is 0.00947. The second kappa shape index (κ2) is 11.6. The minimum absolute atomic E-state index is 0. The van der Waals surface area contributed by atoms with E-state index >= 15 is 0 Å². The number of nitrogens with one attached hydrogen (secondary N) is 2. The van der Waals surface area contributed by atoms with Crippen LogP contribution in [0.5, 0.6) is 11.5 Å². The Morgan fingerprint density at radius 3 is 2.33 bits per heavy atom. The average molecular weight is 491 g/mol. The van der Waals surface area contributed by atoms with E-state index in [9.17, 15) is 8.78 Å². The summed E-state index contributed by atoms with van der Waals surface area (Å²) in [5.74, 6) is 1.22. The Morgan fingerprint density at radius 1 is 1.07 bits per heavy atom. The van der Waals surface area contributed by atoms with Crippen LogP contribution in [0.3, 0.4) is 0 Å². The number of aryl methyl sites for hydroxylation is 1. The molecule has 0 aliphatic carbocycles. The SMILES string of the molecule is CN=C(NCc1ccccc1C)NCc1cc(OC)ccc1OC(F)F.I. The maximum Gasteiger partial charge on any atom is 0.387 e. The quantitative estimate of drug-likeness (QED) is 0.348. The molecule has 0 aliphatic heterocycles. The molecule has 27 heavy (non-hydrogen) atoms. The molecule has 0 spiro atoms. The zero-order chi connectivity index (χ0) is 18.9. The van der Waals surface area contributed by atoms with Gasteiger partial charge in [-0.1, -0.05) is 24.3 Å². The highest BCUT2D eigenvalue weighted by Gasteiger charge is 2.11. The van der Waals surface area contributed by atoms with Crippen molar-refractivity contribution in [1.29, 1.82) is 0 Å². The highest BCUT2D eigenvalue weighted by Crippen LogP contribution is 2.25. The Kier molecular flexibility index (Phi) is 9.84. The van der Waals surface area contributed by atoms with Crippen molar-refractivity contribution in [3.05, 3.63) is 59.2 Å². The van der Waals surface area contributed by atoms with Crippen molar-refractivity contribution in [2.24, 2.45) is 4.99 Å². The van der Waals surface area contributed by atoms with E-state index < -0.39 is 6.61 Å². The largest absolute Gasteiger partial charge is 0.497 e. The van der Waals surface area contributed by atoms with E-state index in [1.54, 1.807) is 19.2 Å². The summed E-state index contributed by atoms with van der Waals surface area (Å²) in [5, 5.41) is 6.30. The number of hydrogen-bond acceptors (Lipinski definition) is 3. The molecule has 0 saturated carbocycles. The molecule has 0 atom stereocenters. The lowest BCUT2D eigenvalue weighted by atomic mass is 10.1. The number of benzene rings is 2. The van der Waals surface area contributed by atoms with Gasteiger partial charge in [0, 0.05) is 25.7 Å². The second-order valence-electron chi connectivity index (χ2n) is 5.56. The Labute approximate surface area is 175 Å². The molecular weight excluding hydrogens is 467 g/mol. The minimum Gasteiger partial charge on any atom is -0.497 e. The summed E-state index contributed by atoms with van der Waals surface area (Å²) in [6.07, 6.45) is 0. The second-order valence-corrected chi connectivity index (χ2v) is 5.56. The predicted molar refractivity (Wildman–Crippen MR) is 113 cm³/mol. The third-order valence-electron chi connectivity index (χ3n) is 3.86. The van der Waals surface area contributed by atoms with Gasteiger partial charge in [0.05, 0.1) is 7.11 Å². The first-order valence-corrected chi connectivity index (χ1v) is 8.14. The average Bonchev–Trinajstić information content (AvgIpc) is 2.63. The number of halogens is 3. The van der Waals surface area contributed by atoms with Crippen LogP contribution in [0.1, 0.15) is 16.7 Å². The molecule has 0 aliphatic rings. The van der Waals surface area contributed by atoms with Gasteiger partial charge in [0.25, 0.3) is 0 Å². The van der Waals surface area contributed by atoms with Gasteiger partial charge in [-0.05, 0) is 36.2 Å². The molecule has 0 fully saturated rings. The summed E-state index contributed by atoms with van der Waals surface area (Å²) in [7, 11) is 3.16. The normalized spacial score (nSPS) is 11.0. The van der Waals surface area contributed by atoms with Gasteiger partial charge in [-0.15, -0.1) is 24.0 Å². The van der Waals surface area contributed by atoms with Crippen LogP contribution in [-0.4, -0.2) is 26.7 Å². The van der Waals surface area contributed by atoms with Gasteiger partial charge in [-0.3, -0.25) is 4.99 Å². The summed E-state index contributed by atoms with van der Waals surface area (Å²) < 4.78 is 34.9. The maximum atomic E-state index is 12.6. The van der Waals surface area contributed by atoms with Crippen LogP contribution in [0, 0.1) is 6.92 Å². The number of aliphatic imine (C=N–C) groups is 1. The van der Waals surface area contributed by atoms with Gasteiger partial charge in [-0.25, -0.2) is 0 Å². The van der Waals surface area contributed by atoms with Crippen LogP contribution >= 0.6 is 24.0 Å². The fraction of sp³-hybridized carbons (Fsp3) is 0.316. The fourth-order valence-corrected chi connectivity index (χ4v) is 2.42. The van der Waals surface area contributed by atoms with Gasteiger partial charge < -0.3 is 20.1 Å². The highest BCUT2D eigenvalue weighted by atomic mass is 127. The lowest BCUT2D eigenvalue weighted by Crippen LogP contribution is -2.36. The van der Waals surface area contributed by atoms with E-state index in [4.69, 9.17) is 4.74 Å². The number of rotatable bonds is 7. The smallest absolute Gasteiger partial charge is 0.387 e. The molecule has 0 bridgehead atoms. The molecule has 0 unspecified atom stereocenters. The van der Waals surface area contributed by atoms with E-state index in [-0.39, 0.29) is 36.3 Å². The van der Waals surface area contributed by atoms with Gasteiger partial charge in [0.1, 0.15) is 11.5 Å². The Bertz CT molecular complexity index is 757. The Hall–Kier alpha value is -2.10. The topological polar surface area (TPSA) is 54.9 Å². The number of hydrogen-bond donors (Lipinski definition) is 2. The third kappa shape index (κ3) is 7.20. The lowest BCUT2D eigenvalue weighted by Gasteiger charge is -2.16. The van der Waals surface area contributed by atoms with Crippen LogP contribution < -0.4 is 20.1 Å². The number of methoxy groups -OCH3 is 1. The van der Waals surface area contributed by atoms with E-state index in [1.807, 2.05) is 31.2 Å². The molecule has 0 radical (unpaired) electrons. The van der Waals surface area contributed by atoms with Crippen LogP contribution in [0.2, 0.25) is 0 Å². The van der Waals surface area contributed by atoms with Crippen molar-refractivity contribution in [3.63, 3.8) is 0 Å². The first-order chi connectivity index (χ1) is 12.5. The summed E-state index contributed by atoms with van der Waals surface area (Å²) in [6, 6.07) is 12.7. The molecule has 2 rings (SSSR count). The third-order valence-corrected chi connectivity index (χ3v) is 3.86.